The van der Waals surface area contributed by atoms with Gasteiger partial charge in [-0.15, -0.1) is 11.3 Å². The molecule has 0 bridgehead atoms. The Morgan fingerprint density at radius 3 is 2.74 bits per heavy atom. The average molecular weight is 405 g/mol. The van der Waals surface area contributed by atoms with Crippen LogP contribution >= 0.6 is 22.9 Å². The van der Waals surface area contributed by atoms with Gasteiger partial charge in [-0.25, -0.2) is 9.37 Å². The zero-order valence-electron chi connectivity index (χ0n) is 14.7. The van der Waals surface area contributed by atoms with Crippen LogP contribution in [0.2, 0.25) is 5.02 Å². The molecule has 0 aliphatic heterocycles. The van der Waals surface area contributed by atoms with Gasteiger partial charge in [0.05, 0.1) is 18.7 Å². The number of nitrogens with zero attached hydrogens (tertiary/aromatic N) is 1. The number of amides is 1. The Labute approximate surface area is 166 Å². The van der Waals surface area contributed by atoms with Crippen LogP contribution in [0, 0.1) is 5.82 Å². The molecule has 0 radical (unpaired) electrons. The second-order valence-electron chi connectivity index (χ2n) is 5.90. The van der Waals surface area contributed by atoms with Gasteiger partial charge >= 0.3 is 0 Å². The first kappa shape index (κ1) is 19.5. The molecule has 7 heteroatoms. The fourth-order valence-electron chi connectivity index (χ4n) is 2.55. The molecule has 0 saturated carbocycles. The molecule has 1 amide bonds. The molecular formula is C20H18ClFN2O2S. The molecule has 3 rings (SSSR count). The van der Waals surface area contributed by atoms with E-state index in [9.17, 15) is 9.18 Å². The van der Waals surface area contributed by atoms with Crippen LogP contribution in [0.5, 0.6) is 0 Å². The third-order valence-electron chi connectivity index (χ3n) is 3.99. The summed E-state index contributed by atoms with van der Waals surface area (Å²) < 4.78 is 18.9. The molecule has 27 heavy (non-hydrogen) atoms. The molecule has 4 nitrogen and oxygen atoms in total. The van der Waals surface area contributed by atoms with Crippen molar-refractivity contribution in [2.24, 2.45) is 0 Å². The largest absolute Gasteiger partial charge is 0.384 e. The zero-order chi connectivity index (χ0) is 19.2. The van der Waals surface area contributed by atoms with E-state index in [1.807, 2.05) is 29.6 Å². The molecule has 0 fully saturated rings. The highest BCUT2D eigenvalue weighted by Crippen LogP contribution is 2.26. The summed E-state index contributed by atoms with van der Waals surface area (Å²) in [5.41, 5.74) is 3.11. The number of halogens is 2. The Kier molecular flexibility index (Phi) is 6.55. The van der Waals surface area contributed by atoms with Crippen molar-refractivity contribution >= 4 is 34.0 Å². The lowest BCUT2D eigenvalue weighted by Gasteiger charge is -2.05. The van der Waals surface area contributed by atoms with Crippen molar-refractivity contribution in [1.29, 1.82) is 0 Å². The van der Waals surface area contributed by atoms with Gasteiger partial charge in [-0.1, -0.05) is 41.9 Å². The Bertz CT molecular complexity index is 908. The Morgan fingerprint density at radius 1 is 1.26 bits per heavy atom. The predicted molar refractivity (Wildman–Crippen MR) is 107 cm³/mol. The highest BCUT2D eigenvalue weighted by atomic mass is 35.5. The summed E-state index contributed by atoms with van der Waals surface area (Å²) in [6.45, 7) is 0.679. The summed E-state index contributed by atoms with van der Waals surface area (Å²) in [4.78, 5) is 16.6. The van der Waals surface area contributed by atoms with Crippen LogP contribution in [0.15, 0.2) is 47.8 Å². The number of carbonyl (C=O) groups excluding carboxylic acids is 1. The highest BCUT2D eigenvalue weighted by Gasteiger charge is 2.14. The second-order valence-corrected chi connectivity index (χ2v) is 7.17. The van der Waals surface area contributed by atoms with Crippen LogP contribution in [0.4, 0.5) is 9.52 Å². The minimum absolute atomic E-state index is 0.144. The first-order valence-electron chi connectivity index (χ1n) is 8.33. The van der Waals surface area contributed by atoms with Gasteiger partial charge < -0.3 is 10.1 Å². The lowest BCUT2D eigenvalue weighted by Crippen LogP contribution is -2.15. The SMILES string of the molecule is COCCc1ccc(-c2csc(NC(=O)Cc3c(F)cccc3Cl)n2)cc1. The molecule has 0 saturated heterocycles. The van der Waals surface area contributed by atoms with E-state index in [0.29, 0.717) is 11.7 Å². The number of nitrogens with one attached hydrogen (secondary N) is 1. The van der Waals surface area contributed by atoms with E-state index in [-0.39, 0.29) is 22.9 Å². The smallest absolute Gasteiger partial charge is 0.230 e. The van der Waals surface area contributed by atoms with Gasteiger partial charge in [0.1, 0.15) is 5.82 Å². The maximum Gasteiger partial charge on any atom is 0.230 e. The van der Waals surface area contributed by atoms with Crippen molar-refractivity contribution in [3.63, 3.8) is 0 Å². The highest BCUT2D eigenvalue weighted by molar-refractivity contribution is 7.14. The Balaban J connectivity index is 1.64. The Morgan fingerprint density at radius 2 is 2.04 bits per heavy atom. The van der Waals surface area contributed by atoms with Crippen molar-refractivity contribution in [2.75, 3.05) is 19.0 Å². The molecule has 0 unspecified atom stereocenters. The van der Waals surface area contributed by atoms with Crippen molar-refractivity contribution in [1.82, 2.24) is 4.98 Å². The van der Waals surface area contributed by atoms with Crippen LogP contribution in [-0.4, -0.2) is 24.6 Å². The van der Waals surface area contributed by atoms with Gasteiger partial charge in [0.2, 0.25) is 5.91 Å². The standard InChI is InChI=1S/C20H18ClFN2O2S/c1-26-10-9-13-5-7-14(8-6-13)18-12-27-20(23-18)24-19(25)11-15-16(21)3-2-4-17(15)22/h2-8,12H,9-11H2,1H3,(H,23,24,25). The zero-order valence-corrected chi connectivity index (χ0v) is 16.2. The van der Waals surface area contributed by atoms with Crippen LogP contribution in [-0.2, 0) is 22.4 Å². The summed E-state index contributed by atoms with van der Waals surface area (Å²) in [6.07, 6.45) is 0.711. The van der Waals surface area contributed by atoms with Gasteiger partial charge in [-0.3, -0.25) is 4.79 Å². The number of thiazole rings is 1. The van der Waals surface area contributed by atoms with E-state index in [4.69, 9.17) is 16.3 Å². The fourth-order valence-corrected chi connectivity index (χ4v) is 3.52. The minimum atomic E-state index is -0.494. The van der Waals surface area contributed by atoms with Crippen molar-refractivity contribution in [2.45, 2.75) is 12.8 Å². The summed E-state index contributed by atoms with van der Waals surface area (Å²) in [7, 11) is 1.68. The monoisotopic (exact) mass is 404 g/mol. The molecule has 140 valence electrons. The van der Waals surface area contributed by atoms with Gasteiger partial charge in [-0.05, 0) is 24.1 Å². The molecule has 0 aliphatic rings. The van der Waals surface area contributed by atoms with E-state index >= 15 is 0 Å². The third kappa shape index (κ3) is 5.13. The van der Waals surface area contributed by atoms with Crippen molar-refractivity contribution < 1.29 is 13.9 Å². The molecular weight excluding hydrogens is 387 g/mol. The number of ether oxygens (including phenoxy) is 1. The average Bonchev–Trinajstić information content (AvgIpc) is 3.12. The first-order chi connectivity index (χ1) is 13.1. The summed E-state index contributed by atoms with van der Waals surface area (Å²) in [5.74, 6) is -0.858. The third-order valence-corrected chi connectivity index (χ3v) is 5.11. The summed E-state index contributed by atoms with van der Waals surface area (Å²) in [6, 6.07) is 12.4. The van der Waals surface area contributed by atoms with E-state index in [0.717, 1.165) is 17.7 Å². The molecule has 0 spiro atoms. The number of carbonyl (C=O) groups is 1. The van der Waals surface area contributed by atoms with Crippen molar-refractivity contribution in [3.8, 4) is 11.3 Å². The number of methoxy groups -OCH3 is 1. The maximum atomic E-state index is 13.8. The lowest BCUT2D eigenvalue weighted by molar-refractivity contribution is -0.115. The van der Waals surface area contributed by atoms with Gasteiger partial charge in [0.15, 0.2) is 5.13 Å². The fraction of sp³-hybridized carbons (Fsp3) is 0.200. The van der Waals surface area contributed by atoms with Crippen LogP contribution in [0.3, 0.4) is 0 Å². The Hall–Kier alpha value is -2.28. The predicted octanol–water partition coefficient (Wildman–Crippen LogP) is 4.97. The second kappa shape index (κ2) is 9.08. The summed E-state index contributed by atoms with van der Waals surface area (Å²) in [5, 5.41) is 5.27. The van der Waals surface area contributed by atoms with Gasteiger partial charge in [0, 0.05) is 28.6 Å². The summed E-state index contributed by atoms with van der Waals surface area (Å²) >= 11 is 7.28. The number of anilines is 1. The maximum absolute atomic E-state index is 13.8. The first-order valence-corrected chi connectivity index (χ1v) is 9.59. The normalized spacial score (nSPS) is 10.8. The minimum Gasteiger partial charge on any atom is -0.384 e. The molecule has 1 N–H and O–H groups in total. The number of hydrogen-bond donors (Lipinski definition) is 1. The van der Waals surface area contributed by atoms with E-state index in [1.54, 1.807) is 13.2 Å². The molecule has 3 aromatic rings. The number of benzene rings is 2. The van der Waals surface area contributed by atoms with E-state index in [1.165, 1.54) is 29.0 Å². The van der Waals surface area contributed by atoms with Crippen LogP contribution < -0.4 is 5.32 Å². The number of aromatic nitrogens is 1. The topological polar surface area (TPSA) is 51.2 Å². The van der Waals surface area contributed by atoms with Crippen LogP contribution in [0.1, 0.15) is 11.1 Å². The molecule has 2 aromatic carbocycles. The quantitative estimate of drug-likeness (QED) is 0.604. The molecule has 1 aromatic heterocycles. The lowest BCUT2D eigenvalue weighted by atomic mass is 10.1. The molecule has 1 heterocycles. The van der Waals surface area contributed by atoms with Crippen LogP contribution in [0.25, 0.3) is 11.3 Å². The number of hydrogen-bond acceptors (Lipinski definition) is 4. The van der Waals surface area contributed by atoms with E-state index < -0.39 is 5.82 Å². The van der Waals surface area contributed by atoms with Crippen molar-refractivity contribution in [3.05, 3.63) is 69.8 Å². The molecule has 0 aliphatic carbocycles. The number of rotatable bonds is 7. The molecule has 0 atom stereocenters. The van der Waals surface area contributed by atoms with E-state index in [2.05, 4.69) is 10.3 Å². The van der Waals surface area contributed by atoms with Gasteiger partial charge in [0.25, 0.3) is 0 Å². The van der Waals surface area contributed by atoms with Gasteiger partial charge in [-0.2, -0.15) is 0 Å².